The minimum Gasteiger partial charge on any atom is -0.287 e. The summed E-state index contributed by atoms with van der Waals surface area (Å²) in [6.07, 6.45) is 2.39. The van der Waals surface area contributed by atoms with Crippen molar-refractivity contribution in [3.8, 4) is 0 Å². The topological polar surface area (TPSA) is 41.8 Å². The maximum absolute atomic E-state index is 12.8. The van der Waals surface area contributed by atoms with Crippen molar-refractivity contribution >= 4 is 17.7 Å². The van der Waals surface area contributed by atoms with Crippen LogP contribution in [0.5, 0.6) is 0 Å². The molecule has 0 amide bonds. The number of ketones is 1. The first-order valence-electron chi connectivity index (χ1n) is 8.13. The Bertz CT molecular complexity index is 870. The molecule has 0 spiro atoms. The van der Waals surface area contributed by atoms with Gasteiger partial charge in [-0.25, -0.2) is 0 Å². The summed E-state index contributed by atoms with van der Waals surface area (Å²) in [6.45, 7) is 0. The van der Waals surface area contributed by atoms with E-state index in [1.54, 1.807) is 18.3 Å². The van der Waals surface area contributed by atoms with E-state index in [0.29, 0.717) is 17.7 Å². The van der Waals surface area contributed by atoms with E-state index in [2.05, 4.69) is 10.2 Å². The lowest BCUT2D eigenvalue weighted by molar-refractivity contribution is 0.106. The van der Waals surface area contributed by atoms with Gasteiger partial charge in [0.2, 0.25) is 5.78 Å². The van der Waals surface area contributed by atoms with Crippen molar-refractivity contribution in [2.75, 3.05) is 0 Å². The molecule has 0 aliphatic rings. The van der Waals surface area contributed by atoms with Crippen molar-refractivity contribution in [1.82, 2.24) is 0 Å². The fourth-order valence-electron chi connectivity index (χ4n) is 2.42. The summed E-state index contributed by atoms with van der Waals surface area (Å²) in [4.78, 5) is 12.8. The maximum Gasteiger partial charge on any atom is 0.213 e. The second kappa shape index (κ2) is 8.50. The highest BCUT2D eigenvalue weighted by Crippen LogP contribution is 2.09. The average Bonchev–Trinajstić information content (AvgIpc) is 2.70. The van der Waals surface area contributed by atoms with Crippen LogP contribution in [0.15, 0.2) is 101 Å². The lowest BCUT2D eigenvalue weighted by atomic mass is 10.0. The molecule has 0 saturated heterocycles. The molecule has 0 aliphatic heterocycles. The van der Waals surface area contributed by atoms with Crippen LogP contribution in [0, 0.1) is 0 Å². The molecule has 0 fully saturated rings. The fraction of sp³-hybridized carbons (Fsp3) is 0.0455. The summed E-state index contributed by atoms with van der Waals surface area (Å²) < 4.78 is 0. The third-order valence-electron chi connectivity index (χ3n) is 3.71. The molecule has 0 atom stereocenters. The Morgan fingerprint density at radius 3 is 1.84 bits per heavy atom. The highest BCUT2D eigenvalue weighted by atomic mass is 16.1. The Kier molecular flexibility index (Phi) is 5.62. The van der Waals surface area contributed by atoms with Crippen molar-refractivity contribution in [3.05, 3.63) is 108 Å². The Balaban J connectivity index is 1.85. The van der Waals surface area contributed by atoms with E-state index in [4.69, 9.17) is 0 Å². The molecule has 25 heavy (non-hydrogen) atoms. The van der Waals surface area contributed by atoms with Gasteiger partial charge in [-0.1, -0.05) is 91.0 Å². The first-order valence-corrected chi connectivity index (χ1v) is 8.13. The van der Waals surface area contributed by atoms with Gasteiger partial charge >= 0.3 is 0 Å². The molecule has 0 aliphatic carbocycles. The van der Waals surface area contributed by atoms with Crippen molar-refractivity contribution < 1.29 is 4.79 Å². The van der Waals surface area contributed by atoms with E-state index in [9.17, 15) is 4.79 Å². The fourth-order valence-corrected chi connectivity index (χ4v) is 2.42. The second-order valence-corrected chi connectivity index (χ2v) is 5.50. The monoisotopic (exact) mass is 326 g/mol. The lowest BCUT2D eigenvalue weighted by Gasteiger charge is -2.04. The highest BCUT2D eigenvalue weighted by molar-refractivity contribution is 6.51. The molecule has 0 bridgehead atoms. The van der Waals surface area contributed by atoms with Gasteiger partial charge < -0.3 is 0 Å². The van der Waals surface area contributed by atoms with Crippen molar-refractivity contribution in [1.29, 1.82) is 0 Å². The molecule has 3 rings (SSSR count). The van der Waals surface area contributed by atoms with Crippen LogP contribution in [0.1, 0.15) is 21.5 Å². The molecule has 0 radical (unpaired) electrons. The van der Waals surface area contributed by atoms with Crippen molar-refractivity contribution in [2.24, 2.45) is 10.2 Å². The third kappa shape index (κ3) is 4.58. The molecule has 3 aromatic carbocycles. The Morgan fingerprint density at radius 2 is 1.24 bits per heavy atom. The smallest absolute Gasteiger partial charge is 0.213 e. The van der Waals surface area contributed by atoms with E-state index in [1.807, 2.05) is 78.9 Å². The highest BCUT2D eigenvalue weighted by Gasteiger charge is 2.15. The minimum atomic E-state index is -0.135. The van der Waals surface area contributed by atoms with Crippen LogP contribution in [-0.4, -0.2) is 17.7 Å². The summed E-state index contributed by atoms with van der Waals surface area (Å²) in [5.74, 6) is -0.135. The lowest BCUT2D eigenvalue weighted by Crippen LogP contribution is -2.15. The zero-order valence-electron chi connectivity index (χ0n) is 13.7. The van der Waals surface area contributed by atoms with Gasteiger partial charge in [0.1, 0.15) is 5.71 Å². The molecular formula is C22H18N2O. The van der Waals surface area contributed by atoms with Gasteiger partial charge in [0, 0.05) is 23.8 Å². The van der Waals surface area contributed by atoms with Gasteiger partial charge in [-0.05, 0) is 5.56 Å². The van der Waals surface area contributed by atoms with E-state index < -0.39 is 0 Å². The van der Waals surface area contributed by atoms with Crippen LogP contribution in [0.3, 0.4) is 0 Å². The van der Waals surface area contributed by atoms with Crippen LogP contribution >= 0.6 is 0 Å². The molecule has 122 valence electrons. The number of benzene rings is 3. The molecule has 0 N–H and O–H groups in total. The third-order valence-corrected chi connectivity index (χ3v) is 3.71. The first kappa shape index (κ1) is 16.5. The number of carbonyl (C=O) groups is 1. The summed E-state index contributed by atoms with van der Waals surface area (Å²) in [7, 11) is 0. The Labute approximate surface area is 147 Å². The maximum atomic E-state index is 12.8. The molecule has 3 aromatic rings. The summed E-state index contributed by atoms with van der Waals surface area (Å²) in [5.41, 5.74) is 2.85. The van der Waals surface area contributed by atoms with Gasteiger partial charge in [0.05, 0.1) is 0 Å². The van der Waals surface area contributed by atoms with E-state index in [1.165, 1.54) is 0 Å². The van der Waals surface area contributed by atoms with Crippen LogP contribution in [0.2, 0.25) is 0 Å². The largest absolute Gasteiger partial charge is 0.287 e. The Morgan fingerprint density at radius 1 is 0.720 bits per heavy atom. The number of rotatable bonds is 6. The predicted octanol–water partition coefficient (Wildman–Crippen LogP) is 4.59. The number of nitrogens with zero attached hydrogens (tertiary/aromatic N) is 2. The average molecular weight is 326 g/mol. The van der Waals surface area contributed by atoms with Gasteiger partial charge in [-0.2, -0.15) is 5.10 Å². The minimum absolute atomic E-state index is 0.135. The van der Waals surface area contributed by atoms with Gasteiger partial charge in [0.15, 0.2) is 0 Å². The zero-order valence-corrected chi connectivity index (χ0v) is 13.7. The molecule has 0 unspecified atom stereocenters. The van der Waals surface area contributed by atoms with Crippen LogP contribution in [-0.2, 0) is 6.42 Å². The number of Topliss-reactive ketones (excluding diaryl/α,β-unsaturated/α-hetero) is 1. The molecule has 0 saturated carbocycles. The number of carbonyl (C=O) groups excluding carboxylic acids is 1. The van der Waals surface area contributed by atoms with Gasteiger partial charge in [0.25, 0.3) is 0 Å². The number of hydrogen-bond acceptors (Lipinski definition) is 3. The Hall–Kier alpha value is -3.33. The van der Waals surface area contributed by atoms with Gasteiger partial charge in [-0.3, -0.25) is 4.79 Å². The normalized spacial score (nSPS) is 11.6. The molecule has 0 heterocycles. The SMILES string of the molecule is O=C(C(=NN=CCc1ccccc1)c1ccccc1)c1ccccc1. The summed E-state index contributed by atoms with van der Waals surface area (Å²) in [6, 6.07) is 28.6. The zero-order chi connectivity index (χ0) is 17.3. The van der Waals surface area contributed by atoms with E-state index in [-0.39, 0.29) is 5.78 Å². The van der Waals surface area contributed by atoms with Crippen molar-refractivity contribution in [2.45, 2.75) is 6.42 Å². The van der Waals surface area contributed by atoms with E-state index in [0.717, 1.165) is 11.1 Å². The predicted molar refractivity (Wildman–Crippen MR) is 102 cm³/mol. The van der Waals surface area contributed by atoms with Crippen molar-refractivity contribution in [3.63, 3.8) is 0 Å². The van der Waals surface area contributed by atoms with E-state index >= 15 is 0 Å². The quantitative estimate of drug-likeness (QED) is 0.371. The van der Waals surface area contributed by atoms with Crippen LogP contribution < -0.4 is 0 Å². The standard InChI is InChI=1S/C22H18N2O/c25-22(20-14-8-3-9-15-20)21(19-12-6-2-7-13-19)24-23-17-16-18-10-4-1-5-11-18/h1-15,17H,16H2. The molecule has 3 nitrogen and oxygen atoms in total. The second-order valence-electron chi connectivity index (χ2n) is 5.50. The number of hydrogen-bond donors (Lipinski definition) is 0. The molecule has 3 heteroatoms. The van der Waals surface area contributed by atoms with Crippen LogP contribution in [0.25, 0.3) is 0 Å². The molecule has 0 aromatic heterocycles. The van der Waals surface area contributed by atoms with Crippen LogP contribution in [0.4, 0.5) is 0 Å². The first-order chi connectivity index (χ1) is 12.3. The van der Waals surface area contributed by atoms with Gasteiger partial charge in [-0.15, -0.1) is 5.10 Å². The summed E-state index contributed by atoms with van der Waals surface area (Å²) in [5, 5.41) is 8.35. The summed E-state index contributed by atoms with van der Waals surface area (Å²) >= 11 is 0. The molecular weight excluding hydrogens is 308 g/mol.